The molecule has 5 aromatic rings. The number of fused-ring (bicyclic) bond motifs is 3. The molecule has 5 heteroatoms. The second kappa shape index (κ2) is 6.73. The minimum atomic E-state index is 0.659. The van der Waals surface area contributed by atoms with Gasteiger partial charge in [-0.3, -0.25) is 4.98 Å². The molecule has 3 nitrogen and oxygen atoms in total. The first-order valence-corrected chi connectivity index (χ1v) is 10.1. The minimum Gasteiger partial charge on any atom is -0.255 e. The second-order valence-electron chi connectivity index (χ2n) is 6.76. The summed E-state index contributed by atoms with van der Waals surface area (Å²) in [6.45, 7) is 2.09. The third-order valence-electron chi connectivity index (χ3n) is 4.86. The van der Waals surface area contributed by atoms with Crippen molar-refractivity contribution in [2.45, 2.75) is 6.92 Å². The van der Waals surface area contributed by atoms with Crippen LogP contribution < -0.4 is 0 Å². The van der Waals surface area contributed by atoms with Gasteiger partial charge in [0, 0.05) is 27.0 Å². The van der Waals surface area contributed by atoms with Gasteiger partial charge in [-0.15, -0.1) is 0 Å². The van der Waals surface area contributed by atoms with Crippen molar-refractivity contribution in [3.05, 3.63) is 88.0 Å². The zero-order valence-corrected chi connectivity index (χ0v) is 17.4. The van der Waals surface area contributed by atoms with Crippen LogP contribution in [0.1, 0.15) is 5.56 Å². The van der Waals surface area contributed by atoms with Crippen LogP contribution in [0.15, 0.2) is 77.4 Å². The Bertz CT molecular complexity index is 1340. The van der Waals surface area contributed by atoms with Crippen LogP contribution in [0.4, 0.5) is 0 Å². The zero-order chi connectivity index (χ0) is 19.3. The van der Waals surface area contributed by atoms with Crippen LogP contribution in [-0.4, -0.2) is 14.8 Å². The number of aromatic nitrogens is 3. The van der Waals surface area contributed by atoms with Gasteiger partial charge in [-0.1, -0.05) is 63.4 Å². The fourth-order valence-corrected chi connectivity index (χ4v) is 4.00. The minimum absolute atomic E-state index is 0.659. The molecule has 2 heterocycles. The van der Waals surface area contributed by atoms with E-state index in [9.17, 15) is 0 Å². The Morgan fingerprint density at radius 1 is 0.929 bits per heavy atom. The third-order valence-corrected chi connectivity index (χ3v) is 5.71. The lowest BCUT2D eigenvalue weighted by molar-refractivity contribution is 0.918. The van der Waals surface area contributed by atoms with Gasteiger partial charge in [0.2, 0.25) is 0 Å². The second-order valence-corrected chi connectivity index (χ2v) is 8.08. The summed E-state index contributed by atoms with van der Waals surface area (Å²) in [5.41, 5.74) is 5.91. The van der Waals surface area contributed by atoms with Gasteiger partial charge in [0.25, 0.3) is 0 Å². The molecular formula is C23H15BrClN3. The molecule has 0 radical (unpaired) electrons. The summed E-state index contributed by atoms with van der Waals surface area (Å²) in [6, 6.07) is 22.2. The van der Waals surface area contributed by atoms with Crippen LogP contribution >= 0.6 is 27.5 Å². The Balaban J connectivity index is 1.93. The Morgan fingerprint density at radius 3 is 2.50 bits per heavy atom. The summed E-state index contributed by atoms with van der Waals surface area (Å²) in [5.74, 6) is 0. The third kappa shape index (κ3) is 2.81. The molecule has 0 spiro atoms. The van der Waals surface area contributed by atoms with E-state index in [0.29, 0.717) is 5.02 Å². The van der Waals surface area contributed by atoms with Gasteiger partial charge in [0.15, 0.2) is 0 Å². The molecular weight excluding hydrogens is 434 g/mol. The van der Waals surface area contributed by atoms with E-state index in [1.807, 2.05) is 53.3 Å². The van der Waals surface area contributed by atoms with Crippen molar-refractivity contribution < 1.29 is 0 Å². The zero-order valence-electron chi connectivity index (χ0n) is 15.0. The van der Waals surface area contributed by atoms with Crippen molar-refractivity contribution in [2.24, 2.45) is 0 Å². The summed E-state index contributed by atoms with van der Waals surface area (Å²) in [4.78, 5) is 4.69. The highest BCUT2D eigenvalue weighted by Crippen LogP contribution is 2.35. The molecule has 5 rings (SSSR count). The molecule has 0 bridgehead atoms. The number of nitrogens with zero attached hydrogens (tertiary/aromatic N) is 3. The highest BCUT2D eigenvalue weighted by molar-refractivity contribution is 9.10. The van der Waals surface area contributed by atoms with Crippen LogP contribution in [0, 0.1) is 6.92 Å². The summed E-state index contributed by atoms with van der Waals surface area (Å²) >= 11 is 10.0. The summed E-state index contributed by atoms with van der Waals surface area (Å²) in [6.07, 6.45) is 1.91. The lowest BCUT2D eigenvalue weighted by Crippen LogP contribution is -1.98. The monoisotopic (exact) mass is 447 g/mol. The van der Waals surface area contributed by atoms with Crippen molar-refractivity contribution in [1.82, 2.24) is 14.8 Å². The van der Waals surface area contributed by atoms with E-state index in [0.717, 1.165) is 43.2 Å². The standard InChI is InChI=1S/C23H15BrClN3/c1-14-6-11-20-17(12-14)23-18(13-26-20)22(15-7-9-16(24)10-8-15)27-28(23)21-5-3-2-4-19(21)25/h2-13H,1H3. The fraction of sp³-hybridized carbons (Fsp3) is 0.0435. The number of hydrogen-bond acceptors (Lipinski definition) is 2. The summed E-state index contributed by atoms with van der Waals surface area (Å²) in [5, 5.41) is 7.70. The first kappa shape index (κ1) is 17.4. The summed E-state index contributed by atoms with van der Waals surface area (Å²) in [7, 11) is 0. The van der Waals surface area contributed by atoms with Crippen molar-refractivity contribution >= 4 is 49.3 Å². The van der Waals surface area contributed by atoms with Gasteiger partial charge >= 0.3 is 0 Å². The van der Waals surface area contributed by atoms with E-state index >= 15 is 0 Å². The lowest BCUT2D eigenvalue weighted by atomic mass is 10.1. The Hall–Kier alpha value is -2.69. The van der Waals surface area contributed by atoms with Crippen molar-refractivity contribution in [3.8, 4) is 16.9 Å². The highest BCUT2D eigenvalue weighted by atomic mass is 79.9. The van der Waals surface area contributed by atoms with E-state index in [2.05, 4.69) is 52.1 Å². The van der Waals surface area contributed by atoms with Crippen molar-refractivity contribution in [2.75, 3.05) is 0 Å². The number of benzene rings is 3. The molecule has 136 valence electrons. The Kier molecular flexibility index (Phi) is 4.18. The average molecular weight is 449 g/mol. The van der Waals surface area contributed by atoms with Gasteiger partial charge in [0.1, 0.15) is 5.69 Å². The van der Waals surface area contributed by atoms with E-state index in [1.165, 1.54) is 5.56 Å². The summed E-state index contributed by atoms with van der Waals surface area (Å²) < 4.78 is 2.98. The predicted octanol–water partition coefficient (Wildman–Crippen LogP) is 6.97. The molecule has 0 saturated carbocycles. The SMILES string of the molecule is Cc1ccc2ncc3c(-c4ccc(Br)cc4)nn(-c4ccccc4Cl)c3c2c1. The van der Waals surface area contributed by atoms with Crippen LogP contribution in [0.5, 0.6) is 0 Å². The van der Waals surface area contributed by atoms with Gasteiger partial charge in [-0.05, 0) is 43.3 Å². The molecule has 0 fully saturated rings. The molecule has 3 aromatic carbocycles. The smallest absolute Gasteiger partial charge is 0.102 e. The van der Waals surface area contributed by atoms with E-state index in [4.69, 9.17) is 16.7 Å². The van der Waals surface area contributed by atoms with Crippen LogP contribution in [0.25, 0.3) is 38.8 Å². The first-order chi connectivity index (χ1) is 13.6. The number of aryl methyl sites for hydroxylation is 1. The van der Waals surface area contributed by atoms with Crippen LogP contribution in [-0.2, 0) is 0 Å². The Labute approximate surface area is 175 Å². The molecule has 0 amide bonds. The maximum atomic E-state index is 6.53. The normalized spacial score (nSPS) is 11.4. The van der Waals surface area contributed by atoms with E-state index in [-0.39, 0.29) is 0 Å². The Morgan fingerprint density at radius 2 is 1.71 bits per heavy atom. The van der Waals surface area contributed by atoms with Gasteiger partial charge in [0.05, 0.1) is 21.7 Å². The van der Waals surface area contributed by atoms with Crippen molar-refractivity contribution in [3.63, 3.8) is 0 Å². The lowest BCUT2D eigenvalue weighted by Gasteiger charge is -2.08. The molecule has 0 saturated heterocycles. The number of rotatable bonds is 2. The molecule has 0 aliphatic rings. The average Bonchev–Trinajstić information content (AvgIpc) is 3.09. The largest absolute Gasteiger partial charge is 0.255 e. The van der Waals surface area contributed by atoms with Crippen LogP contribution in [0.2, 0.25) is 5.02 Å². The molecule has 0 N–H and O–H groups in total. The number of hydrogen-bond donors (Lipinski definition) is 0. The molecule has 28 heavy (non-hydrogen) atoms. The number of para-hydroxylation sites is 1. The van der Waals surface area contributed by atoms with Crippen LogP contribution in [0.3, 0.4) is 0 Å². The number of pyridine rings is 1. The van der Waals surface area contributed by atoms with Crippen molar-refractivity contribution in [1.29, 1.82) is 0 Å². The van der Waals surface area contributed by atoms with Gasteiger partial charge in [-0.2, -0.15) is 5.10 Å². The molecule has 0 aliphatic heterocycles. The molecule has 0 atom stereocenters. The quantitative estimate of drug-likeness (QED) is 0.292. The predicted molar refractivity (Wildman–Crippen MR) is 119 cm³/mol. The highest BCUT2D eigenvalue weighted by Gasteiger charge is 2.18. The van der Waals surface area contributed by atoms with Gasteiger partial charge in [-0.25, -0.2) is 4.68 Å². The maximum Gasteiger partial charge on any atom is 0.102 e. The molecule has 0 aliphatic carbocycles. The molecule has 0 unspecified atom stereocenters. The topological polar surface area (TPSA) is 30.7 Å². The molecule has 2 aromatic heterocycles. The van der Waals surface area contributed by atoms with E-state index in [1.54, 1.807) is 0 Å². The number of halogens is 2. The first-order valence-electron chi connectivity index (χ1n) is 8.91. The fourth-order valence-electron chi connectivity index (χ4n) is 3.52. The van der Waals surface area contributed by atoms with E-state index < -0.39 is 0 Å². The maximum absolute atomic E-state index is 6.53. The van der Waals surface area contributed by atoms with Gasteiger partial charge < -0.3 is 0 Å².